The molecule has 0 radical (unpaired) electrons. The lowest BCUT2D eigenvalue weighted by atomic mass is 9.88. The summed E-state index contributed by atoms with van der Waals surface area (Å²) in [6.45, 7) is 3.95. The van der Waals surface area contributed by atoms with Crippen molar-refractivity contribution in [3.63, 3.8) is 0 Å². The Balaban J connectivity index is 1.24. The third kappa shape index (κ3) is 5.56. The Morgan fingerprint density at radius 1 is 1.17 bits per heavy atom. The minimum atomic E-state index is 0.125. The van der Waals surface area contributed by atoms with Gasteiger partial charge in [0.25, 0.3) is 0 Å². The molecule has 1 aliphatic heterocycles. The maximum absolute atomic E-state index is 12.4. The van der Waals surface area contributed by atoms with E-state index in [4.69, 9.17) is 4.98 Å². The molecule has 4 aromatic heterocycles. The molecule has 0 aromatic carbocycles. The lowest BCUT2D eigenvalue weighted by Gasteiger charge is -2.38. The molecule has 1 amide bonds. The summed E-state index contributed by atoms with van der Waals surface area (Å²) in [7, 11) is 0. The molecule has 5 heterocycles. The van der Waals surface area contributed by atoms with E-state index in [9.17, 15) is 15.3 Å². The largest absolute Gasteiger partial charge is 0.372 e. The minimum Gasteiger partial charge on any atom is -0.372 e. The van der Waals surface area contributed by atoms with Gasteiger partial charge in [0.15, 0.2) is 5.01 Å². The Morgan fingerprint density at radius 3 is 2.83 bits per heavy atom. The van der Waals surface area contributed by atoms with Crippen LogP contribution in [0.1, 0.15) is 44.6 Å². The molecule has 2 unspecified atom stereocenters. The molecular weight excluding hydrogens is 536 g/mol. The first-order chi connectivity index (χ1) is 20.1. The van der Waals surface area contributed by atoms with Crippen molar-refractivity contribution < 1.29 is 4.79 Å². The lowest BCUT2D eigenvalue weighted by molar-refractivity contribution is -0.123. The molecule has 11 nitrogen and oxygen atoms in total. The van der Waals surface area contributed by atoms with Crippen LogP contribution in [0.3, 0.4) is 0 Å². The number of amides is 1. The van der Waals surface area contributed by atoms with Crippen molar-refractivity contribution in [3.05, 3.63) is 42.2 Å². The summed E-state index contributed by atoms with van der Waals surface area (Å²) in [4.78, 5) is 19.4. The van der Waals surface area contributed by atoms with Gasteiger partial charge in [0.1, 0.15) is 12.6 Å². The zero-order chi connectivity index (χ0) is 28.3. The van der Waals surface area contributed by atoms with Gasteiger partial charge < -0.3 is 15.5 Å². The number of nitrogens with zero attached hydrogens (tertiary/aromatic N) is 8. The number of carbonyl (C=O) groups is 1. The predicted molar refractivity (Wildman–Crippen MR) is 156 cm³/mol. The van der Waals surface area contributed by atoms with Gasteiger partial charge >= 0.3 is 0 Å². The van der Waals surface area contributed by atoms with Gasteiger partial charge in [0, 0.05) is 36.9 Å². The number of hydrogen-bond donors (Lipinski definition) is 2. The quantitative estimate of drug-likeness (QED) is 0.284. The van der Waals surface area contributed by atoms with Gasteiger partial charge in [-0.3, -0.25) is 9.78 Å². The number of nitriles is 2. The highest BCUT2D eigenvalue weighted by molar-refractivity contribution is 7.18. The average Bonchev–Trinajstić information content (AvgIpc) is 3.59. The molecule has 0 spiro atoms. The molecular formula is C29H30N10OS. The summed E-state index contributed by atoms with van der Waals surface area (Å²) >= 11 is 1.51. The maximum atomic E-state index is 12.4. The van der Waals surface area contributed by atoms with Gasteiger partial charge in [-0.2, -0.15) is 15.6 Å². The molecule has 208 valence electrons. The number of hydrogen-bond acceptors (Lipinski definition) is 10. The van der Waals surface area contributed by atoms with Gasteiger partial charge in [-0.25, -0.2) is 4.52 Å². The Hall–Kier alpha value is -4.55. The van der Waals surface area contributed by atoms with Crippen LogP contribution < -0.4 is 15.5 Å². The number of carbonyl (C=O) groups excluding carboxylic acids is 1. The van der Waals surface area contributed by atoms with Crippen molar-refractivity contribution in [2.24, 2.45) is 11.8 Å². The summed E-state index contributed by atoms with van der Waals surface area (Å²) in [5.41, 5.74) is 4.23. The van der Waals surface area contributed by atoms with Crippen LogP contribution in [0.4, 0.5) is 10.8 Å². The topological polar surface area (TPSA) is 148 Å². The van der Waals surface area contributed by atoms with Crippen LogP contribution in [0.2, 0.25) is 0 Å². The molecule has 6 rings (SSSR count). The molecule has 2 fully saturated rings. The Bertz CT molecular complexity index is 1660. The zero-order valence-electron chi connectivity index (χ0n) is 22.7. The molecule has 2 atom stereocenters. The van der Waals surface area contributed by atoms with E-state index >= 15 is 0 Å². The second kappa shape index (κ2) is 11.5. The molecule has 41 heavy (non-hydrogen) atoms. The van der Waals surface area contributed by atoms with Crippen LogP contribution in [0, 0.1) is 34.5 Å². The van der Waals surface area contributed by atoms with Crippen LogP contribution in [-0.4, -0.2) is 56.4 Å². The number of piperidine rings is 1. The fraction of sp³-hybridized carbons (Fsp3) is 0.414. The second-order valence-corrected chi connectivity index (χ2v) is 11.6. The maximum Gasteiger partial charge on any atom is 0.223 e. The van der Waals surface area contributed by atoms with E-state index < -0.39 is 0 Å². The second-order valence-electron chi connectivity index (χ2n) is 10.6. The normalized spacial score (nSPS) is 18.6. The van der Waals surface area contributed by atoms with Crippen LogP contribution in [0.25, 0.3) is 27.5 Å². The van der Waals surface area contributed by atoms with E-state index in [1.165, 1.54) is 17.5 Å². The Morgan fingerprint density at radius 2 is 2.05 bits per heavy atom. The van der Waals surface area contributed by atoms with Crippen LogP contribution in [0.15, 0.2) is 36.7 Å². The van der Waals surface area contributed by atoms with E-state index in [0.29, 0.717) is 22.2 Å². The molecule has 2 aliphatic rings. The van der Waals surface area contributed by atoms with Gasteiger partial charge in [-0.15, -0.1) is 10.2 Å². The van der Waals surface area contributed by atoms with Gasteiger partial charge in [0.2, 0.25) is 11.0 Å². The summed E-state index contributed by atoms with van der Waals surface area (Å²) < 4.78 is 1.74. The van der Waals surface area contributed by atoms with Crippen LogP contribution >= 0.6 is 11.3 Å². The number of fused-ring (bicyclic) bond motifs is 1. The first kappa shape index (κ1) is 26.7. The molecule has 1 saturated carbocycles. The van der Waals surface area contributed by atoms with Crippen molar-refractivity contribution in [3.8, 4) is 34.1 Å². The third-order valence-corrected chi connectivity index (χ3v) is 8.76. The van der Waals surface area contributed by atoms with E-state index in [-0.39, 0.29) is 24.4 Å². The number of aromatic nitrogens is 5. The van der Waals surface area contributed by atoms with Gasteiger partial charge in [-0.05, 0) is 55.9 Å². The Labute approximate surface area is 241 Å². The first-order valence-corrected chi connectivity index (χ1v) is 14.8. The summed E-state index contributed by atoms with van der Waals surface area (Å²) in [5, 5.41) is 40.0. The molecule has 4 aromatic rings. The summed E-state index contributed by atoms with van der Waals surface area (Å²) in [6.07, 6.45) is 8.30. The minimum absolute atomic E-state index is 0.125. The highest BCUT2D eigenvalue weighted by Gasteiger charge is 2.35. The van der Waals surface area contributed by atoms with Crippen molar-refractivity contribution >= 4 is 33.6 Å². The molecule has 0 bridgehead atoms. The van der Waals surface area contributed by atoms with Crippen molar-refractivity contribution in [1.82, 2.24) is 30.1 Å². The number of pyridine rings is 1. The standard InChI is InChI=1S/C29H30N10OS/c1-2-3-20-17-38(11-8-23(20)35-27(40)19-4-5-19)29-37-36-28(41-29)22-16-33-25(13-24(22)32-10-9-30)26-7-6-21-12-18(14-31)15-34-39(21)26/h6-7,12-13,15-16,19-20,23H,2-5,8,10-11,17H2,1H3,(H,32,33)(H,35,40). The lowest BCUT2D eigenvalue weighted by Crippen LogP contribution is -2.51. The van der Waals surface area contributed by atoms with Gasteiger partial charge in [-0.1, -0.05) is 24.7 Å². The molecule has 2 N–H and O–H groups in total. The molecule has 1 aliphatic carbocycles. The van der Waals surface area contributed by atoms with Crippen LogP contribution in [-0.2, 0) is 4.79 Å². The monoisotopic (exact) mass is 566 g/mol. The number of nitrogens with one attached hydrogen (secondary N) is 2. The zero-order valence-corrected chi connectivity index (χ0v) is 23.6. The first-order valence-electron chi connectivity index (χ1n) is 14.0. The number of rotatable bonds is 9. The van der Waals surface area contributed by atoms with E-state index in [2.05, 4.69) is 49.9 Å². The summed E-state index contributed by atoms with van der Waals surface area (Å²) in [5.74, 6) is 0.799. The Kier molecular flexibility index (Phi) is 7.49. The SMILES string of the molecule is CCCC1CN(c2nnc(-c3cnc(-c4ccc5cc(C#N)cnn45)cc3NCC#N)s2)CCC1NC(=O)C1CC1. The highest BCUT2D eigenvalue weighted by Crippen LogP contribution is 2.37. The fourth-order valence-electron chi connectivity index (χ4n) is 5.46. The van der Waals surface area contributed by atoms with E-state index in [0.717, 1.165) is 72.8 Å². The fourth-order valence-corrected chi connectivity index (χ4v) is 6.36. The smallest absolute Gasteiger partial charge is 0.223 e. The molecule has 1 saturated heterocycles. The number of anilines is 2. The van der Waals surface area contributed by atoms with Crippen LogP contribution in [0.5, 0.6) is 0 Å². The molecule has 12 heteroatoms. The predicted octanol–water partition coefficient (Wildman–Crippen LogP) is 4.24. The average molecular weight is 567 g/mol. The third-order valence-electron chi connectivity index (χ3n) is 7.74. The van der Waals surface area contributed by atoms with Crippen molar-refractivity contribution in [1.29, 1.82) is 10.5 Å². The highest BCUT2D eigenvalue weighted by atomic mass is 32.1. The van der Waals surface area contributed by atoms with E-state index in [1.807, 2.05) is 18.2 Å². The summed E-state index contributed by atoms with van der Waals surface area (Å²) in [6, 6.07) is 11.9. The van der Waals surface area contributed by atoms with Crippen molar-refractivity contribution in [2.45, 2.75) is 45.1 Å². The van der Waals surface area contributed by atoms with Crippen molar-refractivity contribution in [2.75, 3.05) is 29.9 Å². The van der Waals surface area contributed by atoms with E-state index in [1.54, 1.807) is 16.8 Å². The van der Waals surface area contributed by atoms with Gasteiger partial charge in [0.05, 0.1) is 40.3 Å².